The zero-order chi connectivity index (χ0) is 58.8. The van der Waals surface area contributed by atoms with Crippen LogP contribution >= 0.6 is 0 Å². The molecule has 10 aromatic rings. The summed E-state index contributed by atoms with van der Waals surface area (Å²) in [5, 5.41) is 0. The molecule has 0 aromatic heterocycles. The molecule has 0 saturated carbocycles. The maximum absolute atomic E-state index is 9.73. The largest absolute Gasteiger partial charge is 0.311 e. The van der Waals surface area contributed by atoms with Gasteiger partial charge in [-0.1, -0.05) is 203 Å². The molecule has 4 heteroatoms. The van der Waals surface area contributed by atoms with Crippen molar-refractivity contribution in [1.29, 1.82) is 0 Å². The van der Waals surface area contributed by atoms with E-state index in [0.29, 0.717) is 11.4 Å². The predicted molar refractivity (Wildman–Crippen MR) is 338 cm³/mol. The van der Waals surface area contributed by atoms with E-state index in [1.165, 1.54) is 61.0 Å². The molecule has 386 valence electrons. The molecule has 0 atom stereocenters. The highest BCUT2D eigenvalue weighted by atomic mass is 15.2. The maximum atomic E-state index is 9.73. The van der Waals surface area contributed by atoms with Crippen LogP contribution in [0.4, 0.5) is 51.2 Å². The predicted octanol–water partition coefficient (Wildman–Crippen LogP) is 18.4. The summed E-state index contributed by atoms with van der Waals surface area (Å²) >= 11 is 0. The van der Waals surface area contributed by atoms with Gasteiger partial charge in [0.05, 0.1) is 12.5 Å². The normalized spacial score (nSPS) is 15.8. The van der Waals surface area contributed by atoms with Gasteiger partial charge in [-0.15, -0.1) is 0 Å². The summed E-state index contributed by atoms with van der Waals surface area (Å²) < 4.78 is 46.6. The summed E-state index contributed by atoms with van der Waals surface area (Å²) in [7, 11) is 0. The van der Waals surface area contributed by atoms with Crippen molar-refractivity contribution in [3.8, 4) is 33.4 Å². The van der Waals surface area contributed by atoms with Gasteiger partial charge >= 0.3 is 0 Å². The first-order valence-corrected chi connectivity index (χ1v) is 28.0. The second kappa shape index (κ2) is 17.3. The van der Waals surface area contributed by atoms with Crippen molar-refractivity contribution in [1.82, 2.24) is 0 Å². The van der Waals surface area contributed by atoms with Gasteiger partial charge in [-0.05, 0) is 180 Å². The first-order valence-electron chi connectivity index (χ1n) is 30.5. The van der Waals surface area contributed by atoms with Crippen LogP contribution in [0.1, 0.15) is 115 Å². The van der Waals surface area contributed by atoms with Crippen LogP contribution < -0.4 is 31.1 Å². The lowest BCUT2D eigenvalue weighted by atomic mass is 9.33. The van der Waals surface area contributed by atoms with Crippen molar-refractivity contribution in [3.05, 3.63) is 251 Å². The van der Waals surface area contributed by atoms with E-state index in [1.807, 2.05) is 23.1 Å². The van der Waals surface area contributed by atoms with Crippen molar-refractivity contribution in [2.45, 2.75) is 97.8 Å². The van der Waals surface area contributed by atoms with Crippen LogP contribution in [0.5, 0.6) is 0 Å². The van der Waals surface area contributed by atoms with Crippen LogP contribution in [0.3, 0.4) is 0 Å². The highest BCUT2D eigenvalue weighted by Crippen LogP contribution is 2.55. The number of fused-ring (bicyclic) bond motifs is 10. The highest BCUT2D eigenvalue weighted by molar-refractivity contribution is 7.00. The van der Waals surface area contributed by atoms with E-state index in [2.05, 4.69) is 250 Å². The molecule has 4 aliphatic rings. The van der Waals surface area contributed by atoms with Crippen molar-refractivity contribution in [3.63, 3.8) is 0 Å². The molecule has 2 heterocycles. The average Bonchev–Trinajstić information content (AvgIpc) is 0.863. The number of nitrogens with zero attached hydrogens (tertiary/aromatic N) is 3. The van der Waals surface area contributed by atoms with E-state index < -0.39 is 18.1 Å². The molecule has 0 saturated heterocycles. The number of hydrogen-bond acceptors (Lipinski definition) is 3. The Morgan fingerprint density at radius 3 is 1.56 bits per heavy atom. The lowest BCUT2D eigenvalue weighted by Gasteiger charge is -2.45. The molecular formula is C75H68BN3. The van der Waals surface area contributed by atoms with Gasteiger partial charge in [-0.2, -0.15) is 0 Å². The molecular weight excluding hydrogens is 954 g/mol. The molecule has 0 spiro atoms. The number of rotatable bonds is 6. The Kier molecular flexibility index (Phi) is 9.57. The van der Waals surface area contributed by atoms with Gasteiger partial charge in [0.2, 0.25) is 0 Å². The minimum absolute atomic E-state index is 0.0775. The third-order valence-electron chi connectivity index (χ3n) is 17.9. The van der Waals surface area contributed by atoms with E-state index in [1.54, 1.807) is 0 Å². The fourth-order valence-corrected chi connectivity index (χ4v) is 13.7. The molecule has 3 nitrogen and oxygen atoms in total. The summed E-state index contributed by atoms with van der Waals surface area (Å²) in [5.41, 5.74) is 26.0. The second-order valence-corrected chi connectivity index (χ2v) is 25.5. The molecule has 2 aliphatic heterocycles. The smallest absolute Gasteiger partial charge is 0.252 e. The quantitative estimate of drug-likeness (QED) is 0.154. The van der Waals surface area contributed by atoms with Gasteiger partial charge in [-0.25, -0.2) is 0 Å². The molecule has 0 fully saturated rings. The summed E-state index contributed by atoms with van der Waals surface area (Å²) in [5.74, 6) is 0. The van der Waals surface area contributed by atoms with Crippen LogP contribution in [0, 0.1) is 6.92 Å². The Morgan fingerprint density at radius 2 is 0.962 bits per heavy atom. The maximum Gasteiger partial charge on any atom is 0.252 e. The van der Waals surface area contributed by atoms with E-state index >= 15 is 0 Å². The third-order valence-corrected chi connectivity index (χ3v) is 17.9. The molecule has 0 bridgehead atoms. The Labute approximate surface area is 476 Å². The number of para-hydroxylation sites is 1. The molecule has 0 amide bonds. The molecule has 0 radical (unpaired) electrons. The number of anilines is 9. The molecule has 14 rings (SSSR count). The number of hydrogen-bond donors (Lipinski definition) is 0. The molecule has 2 aliphatic carbocycles. The lowest BCUT2D eigenvalue weighted by molar-refractivity contribution is 0.590. The Morgan fingerprint density at radius 1 is 0.430 bits per heavy atom. The van der Waals surface area contributed by atoms with Gasteiger partial charge in [-0.3, -0.25) is 0 Å². The molecule has 79 heavy (non-hydrogen) atoms. The summed E-state index contributed by atoms with van der Waals surface area (Å²) in [6.45, 7) is 24.8. The summed E-state index contributed by atoms with van der Waals surface area (Å²) in [6, 6.07) is 65.0. The van der Waals surface area contributed by atoms with Gasteiger partial charge in [0.15, 0.2) is 0 Å². The number of benzene rings is 10. The van der Waals surface area contributed by atoms with E-state index in [-0.39, 0.29) is 46.1 Å². The standard InChI is InChI=1S/C75H68BN3/c1-47-40-69-71-70(41-47)79(53-33-36-58-56-27-19-21-29-61(56)75(10,11)63(58)45-53)68-46-54(77(51-24-16-13-17-25-51)66-38-30-49(72(2,3)4)42-59(66)48-22-14-12-15-23-48)34-37-64(68)76(71)65-43-50(73(5,6)7)31-39-67(65)78(69)52-32-35-57-55-26-18-20-28-60(55)74(8,9)62(57)44-52/h12-46H,1-11H3/i13D,16D,17D,24D,25D. The Bertz CT molecular complexity index is 4420. The van der Waals surface area contributed by atoms with Gasteiger partial charge < -0.3 is 14.7 Å². The topological polar surface area (TPSA) is 9.72 Å². The summed E-state index contributed by atoms with van der Waals surface area (Å²) in [6.07, 6.45) is 0. The minimum atomic E-state index is -0.436. The van der Waals surface area contributed by atoms with Crippen molar-refractivity contribution >= 4 is 74.3 Å². The minimum Gasteiger partial charge on any atom is -0.311 e. The second-order valence-electron chi connectivity index (χ2n) is 25.5. The van der Waals surface area contributed by atoms with Crippen LogP contribution in [-0.2, 0) is 21.7 Å². The van der Waals surface area contributed by atoms with Crippen LogP contribution in [-0.4, -0.2) is 6.71 Å². The van der Waals surface area contributed by atoms with Crippen LogP contribution in [0.2, 0.25) is 0 Å². The zero-order valence-electron chi connectivity index (χ0n) is 52.2. The monoisotopic (exact) mass is 1030 g/mol. The Hall–Kier alpha value is -8.34. The zero-order valence-corrected chi connectivity index (χ0v) is 47.2. The fourth-order valence-electron chi connectivity index (χ4n) is 13.7. The van der Waals surface area contributed by atoms with E-state index in [0.717, 1.165) is 61.8 Å². The third kappa shape index (κ3) is 7.47. The van der Waals surface area contributed by atoms with Gasteiger partial charge in [0.25, 0.3) is 6.71 Å². The average molecular weight is 1030 g/mol. The van der Waals surface area contributed by atoms with E-state index in [9.17, 15) is 2.74 Å². The molecule has 0 N–H and O–H groups in total. The van der Waals surface area contributed by atoms with Gasteiger partial charge in [0.1, 0.15) is 0 Å². The van der Waals surface area contributed by atoms with Crippen molar-refractivity contribution < 1.29 is 6.85 Å². The Balaban J connectivity index is 1.08. The fraction of sp³-hybridized carbons (Fsp3) is 0.200. The molecule has 10 aromatic carbocycles. The van der Waals surface area contributed by atoms with E-state index in [4.69, 9.17) is 4.11 Å². The van der Waals surface area contributed by atoms with Crippen molar-refractivity contribution in [2.75, 3.05) is 14.7 Å². The van der Waals surface area contributed by atoms with Crippen LogP contribution in [0.25, 0.3) is 33.4 Å². The molecule has 0 unspecified atom stereocenters. The van der Waals surface area contributed by atoms with Crippen LogP contribution in [0.15, 0.2) is 212 Å². The first kappa shape index (κ1) is 43.6. The number of aryl methyl sites for hydroxylation is 1. The highest BCUT2D eigenvalue weighted by Gasteiger charge is 2.46. The summed E-state index contributed by atoms with van der Waals surface area (Å²) in [4.78, 5) is 6.91. The lowest BCUT2D eigenvalue weighted by Crippen LogP contribution is -2.61. The first-order chi connectivity index (χ1) is 39.9. The SMILES string of the molecule is [2H]c1c([2H])c([2H])c(N(c2ccc3c(c2)N(c2ccc4c(c2)C(C)(C)c2ccccc2-4)c2cc(C)cc4c2B3c2cc(C(C)(C)C)ccc2N4c2ccc3c(c2)C(C)(C)c2ccccc2-3)c2ccc(C(C)(C)C)cc2-c2ccccc2)c([2H])c1[2H]. The van der Waals surface area contributed by atoms with Crippen molar-refractivity contribution in [2.24, 2.45) is 0 Å². The van der Waals surface area contributed by atoms with Gasteiger partial charge in [0, 0.05) is 61.9 Å².